The summed E-state index contributed by atoms with van der Waals surface area (Å²) in [4.78, 5) is 12.1. The molecule has 4 nitrogen and oxygen atoms in total. The Hall–Kier alpha value is -0.820. The van der Waals surface area contributed by atoms with Crippen LogP contribution in [-0.2, 0) is 4.79 Å². The summed E-state index contributed by atoms with van der Waals surface area (Å²) in [6.07, 6.45) is -4.13. The third-order valence-corrected chi connectivity index (χ3v) is 2.66. The van der Waals surface area contributed by atoms with E-state index in [2.05, 4.69) is 5.32 Å². The van der Waals surface area contributed by atoms with E-state index in [1.54, 1.807) is 6.92 Å². The van der Waals surface area contributed by atoms with E-state index in [4.69, 9.17) is 5.73 Å². The molecule has 0 aliphatic rings. The van der Waals surface area contributed by atoms with Crippen LogP contribution in [0.3, 0.4) is 0 Å². The van der Waals surface area contributed by atoms with Gasteiger partial charge in [0.05, 0.1) is 0 Å². The summed E-state index contributed by atoms with van der Waals surface area (Å²) in [5.41, 5.74) is 5.48. The first-order valence-corrected chi connectivity index (χ1v) is 5.47. The average Bonchev–Trinajstić information content (AvgIpc) is 2.23. The van der Waals surface area contributed by atoms with Crippen LogP contribution in [-0.4, -0.2) is 49.7 Å². The van der Waals surface area contributed by atoms with Gasteiger partial charge in [0.25, 0.3) is 0 Å². The molecular weight excluding hydrogens is 235 g/mol. The SMILES string of the molecule is CCC(N)C(N(C)CCC(=O)NC)C(F)(F)F. The number of carbonyl (C=O) groups excluding carboxylic acids is 1. The van der Waals surface area contributed by atoms with Crippen molar-refractivity contribution in [1.29, 1.82) is 0 Å². The van der Waals surface area contributed by atoms with E-state index in [0.29, 0.717) is 0 Å². The van der Waals surface area contributed by atoms with E-state index in [1.165, 1.54) is 14.1 Å². The van der Waals surface area contributed by atoms with Crippen LogP contribution >= 0.6 is 0 Å². The molecule has 0 aromatic heterocycles. The quantitative estimate of drug-likeness (QED) is 0.735. The monoisotopic (exact) mass is 255 g/mol. The van der Waals surface area contributed by atoms with Crippen LogP contribution < -0.4 is 11.1 Å². The zero-order chi connectivity index (χ0) is 13.6. The fraction of sp³-hybridized carbons (Fsp3) is 0.900. The number of nitrogens with two attached hydrogens (primary N) is 1. The van der Waals surface area contributed by atoms with Gasteiger partial charge in [-0.15, -0.1) is 0 Å². The highest BCUT2D eigenvalue weighted by molar-refractivity contribution is 5.75. The Kier molecular flexibility index (Phi) is 6.48. The number of alkyl halides is 3. The molecular formula is C10H20F3N3O. The minimum Gasteiger partial charge on any atom is -0.359 e. The fourth-order valence-corrected chi connectivity index (χ4v) is 1.58. The second-order valence-corrected chi connectivity index (χ2v) is 3.96. The molecule has 17 heavy (non-hydrogen) atoms. The molecule has 0 aromatic rings. The minimum atomic E-state index is -4.38. The second kappa shape index (κ2) is 6.80. The summed E-state index contributed by atoms with van der Waals surface area (Å²) in [5.74, 6) is -0.289. The molecule has 102 valence electrons. The zero-order valence-corrected chi connectivity index (χ0v) is 10.3. The predicted octanol–water partition coefficient (Wildman–Crippen LogP) is 0.722. The Morgan fingerprint density at radius 3 is 2.35 bits per heavy atom. The largest absolute Gasteiger partial charge is 0.405 e. The van der Waals surface area contributed by atoms with Crippen molar-refractivity contribution in [2.75, 3.05) is 20.6 Å². The van der Waals surface area contributed by atoms with Crippen molar-refractivity contribution in [3.63, 3.8) is 0 Å². The Morgan fingerprint density at radius 2 is 2.00 bits per heavy atom. The molecule has 3 N–H and O–H groups in total. The van der Waals surface area contributed by atoms with E-state index < -0.39 is 18.3 Å². The van der Waals surface area contributed by atoms with Gasteiger partial charge in [0.1, 0.15) is 6.04 Å². The zero-order valence-electron chi connectivity index (χ0n) is 10.3. The van der Waals surface area contributed by atoms with E-state index in [-0.39, 0.29) is 25.3 Å². The van der Waals surface area contributed by atoms with Gasteiger partial charge in [-0.05, 0) is 13.5 Å². The van der Waals surface area contributed by atoms with Gasteiger partial charge < -0.3 is 11.1 Å². The maximum Gasteiger partial charge on any atom is 0.405 e. The molecule has 0 radical (unpaired) electrons. The second-order valence-electron chi connectivity index (χ2n) is 3.96. The summed E-state index contributed by atoms with van der Waals surface area (Å²) in [5, 5.41) is 2.36. The summed E-state index contributed by atoms with van der Waals surface area (Å²) in [6, 6.07) is -2.69. The van der Waals surface area contributed by atoms with Crippen LogP contribution in [0.1, 0.15) is 19.8 Å². The first-order chi connectivity index (χ1) is 7.73. The Labute approximate surface area is 99.3 Å². The molecule has 1 amide bonds. The summed E-state index contributed by atoms with van der Waals surface area (Å²) in [6.45, 7) is 1.63. The number of amides is 1. The van der Waals surface area contributed by atoms with Crippen LogP contribution in [0.15, 0.2) is 0 Å². The third-order valence-electron chi connectivity index (χ3n) is 2.66. The Balaban J connectivity index is 4.54. The average molecular weight is 255 g/mol. The standard InChI is InChI=1S/C10H20F3N3O/c1-4-7(14)9(10(11,12)13)16(3)6-5-8(17)15-2/h7,9H,4-6,14H2,1-3H3,(H,15,17). The number of nitrogens with one attached hydrogen (secondary N) is 1. The minimum absolute atomic E-state index is 0.0238. The van der Waals surface area contributed by atoms with Crippen molar-refractivity contribution in [3.8, 4) is 0 Å². The molecule has 0 fully saturated rings. The molecule has 0 rings (SSSR count). The highest BCUT2D eigenvalue weighted by atomic mass is 19.4. The lowest BCUT2D eigenvalue weighted by Crippen LogP contribution is -2.55. The molecule has 2 unspecified atom stereocenters. The van der Waals surface area contributed by atoms with E-state index in [0.717, 1.165) is 4.90 Å². The number of hydrogen-bond donors (Lipinski definition) is 2. The number of likely N-dealkylation sites (N-methyl/N-ethyl adjacent to an activating group) is 1. The third kappa shape index (κ3) is 5.36. The predicted molar refractivity (Wildman–Crippen MR) is 59.4 cm³/mol. The maximum absolute atomic E-state index is 12.8. The first kappa shape index (κ1) is 16.2. The Morgan fingerprint density at radius 1 is 1.47 bits per heavy atom. The van der Waals surface area contributed by atoms with E-state index >= 15 is 0 Å². The maximum atomic E-state index is 12.8. The van der Waals surface area contributed by atoms with Crippen molar-refractivity contribution in [2.45, 2.75) is 38.0 Å². The molecule has 2 atom stereocenters. The van der Waals surface area contributed by atoms with Crippen LogP contribution in [0, 0.1) is 0 Å². The lowest BCUT2D eigenvalue weighted by atomic mass is 10.0. The number of halogens is 3. The molecule has 0 aromatic carbocycles. The van der Waals surface area contributed by atoms with Gasteiger partial charge in [-0.25, -0.2) is 0 Å². The number of hydrogen-bond acceptors (Lipinski definition) is 3. The van der Waals surface area contributed by atoms with Crippen molar-refractivity contribution in [2.24, 2.45) is 5.73 Å². The van der Waals surface area contributed by atoms with Gasteiger partial charge in [0.2, 0.25) is 5.91 Å². The van der Waals surface area contributed by atoms with Crippen molar-refractivity contribution in [3.05, 3.63) is 0 Å². The number of rotatable bonds is 6. The van der Waals surface area contributed by atoms with Crippen molar-refractivity contribution in [1.82, 2.24) is 10.2 Å². The van der Waals surface area contributed by atoms with Crippen LogP contribution in [0.5, 0.6) is 0 Å². The van der Waals surface area contributed by atoms with Gasteiger partial charge in [0.15, 0.2) is 0 Å². The van der Waals surface area contributed by atoms with Gasteiger partial charge >= 0.3 is 6.18 Å². The molecule has 0 saturated carbocycles. The highest BCUT2D eigenvalue weighted by Gasteiger charge is 2.45. The molecule has 0 bridgehead atoms. The van der Waals surface area contributed by atoms with Crippen LogP contribution in [0.4, 0.5) is 13.2 Å². The molecule has 0 saturated heterocycles. The summed E-state index contributed by atoms with van der Waals surface area (Å²) >= 11 is 0. The molecule has 0 aliphatic carbocycles. The normalized spacial score (nSPS) is 15.8. The lowest BCUT2D eigenvalue weighted by molar-refractivity contribution is -0.186. The fourth-order valence-electron chi connectivity index (χ4n) is 1.58. The molecule has 7 heteroatoms. The highest BCUT2D eigenvalue weighted by Crippen LogP contribution is 2.27. The van der Waals surface area contributed by atoms with Gasteiger partial charge in [-0.2, -0.15) is 13.2 Å². The summed E-state index contributed by atoms with van der Waals surface area (Å²) < 4.78 is 38.4. The van der Waals surface area contributed by atoms with E-state index in [9.17, 15) is 18.0 Å². The van der Waals surface area contributed by atoms with E-state index in [1.807, 2.05) is 0 Å². The van der Waals surface area contributed by atoms with Gasteiger partial charge in [-0.1, -0.05) is 6.92 Å². The molecule has 0 spiro atoms. The van der Waals surface area contributed by atoms with Crippen molar-refractivity contribution < 1.29 is 18.0 Å². The number of nitrogens with zero attached hydrogens (tertiary/aromatic N) is 1. The van der Waals surface area contributed by atoms with Crippen LogP contribution in [0.2, 0.25) is 0 Å². The van der Waals surface area contributed by atoms with Gasteiger partial charge in [-0.3, -0.25) is 9.69 Å². The lowest BCUT2D eigenvalue weighted by Gasteiger charge is -2.33. The number of carbonyl (C=O) groups is 1. The first-order valence-electron chi connectivity index (χ1n) is 5.47. The molecule has 0 heterocycles. The topological polar surface area (TPSA) is 58.4 Å². The Bertz CT molecular complexity index is 245. The smallest absolute Gasteiger partial charge is 0.359 e. The molecule has 0 aliphatic heterocycles. The van der Waals surface area contributed by atoms with Gasteiger partial charge in [0, 0.05) is 26.1 Å². The summed E-state index contributed by atoms with van der Waals surface area (Å²) in [7, 11) is 2.78. The van der Waals surface area contributed by atoms with Crippen LogP contribution in [0.25, 0.3) is 0 Å². The van der Waals surface area contributed by atoms with Crippen molar-refractivity contribution >= 4 is 5.91 Å².